The minimum Gasteiger partial charge on any atom is -0.378 e. The summed E-state index contributed by atoms with van der Waals surface area (Å²) in [6.45, 7) is 4.01. The maximum absolute atomic E-state index is 12.8. The Morgan fingerprint density at radius 2 is 1.91 bits per heavy atom. The van der Waals surface area contributed by atoms with Gasteiger partial charge in [0.05, 0.1) is 30.2 Å². The quantitative estimate of drug-likeness (QED) is 0.575. The Balaban J connectivity index is 1.38. The molecule has 3 amide bonds. The van der Waals surface area contributed by atoms with Gasteiger partial charge in [-0.3, -0.25) is 19.7 Å². The van der Waals surface area contributed by atoms with E-state index in [0.717, 1.165) is 5.56 Å². The van der Waals surface area contributed by atoms with E-state index in [0.29, 0.717) is 53.3 Å². The van der Waals surface area contributed by atoms with Crippen molar-refractivity contribution in [2.75, 3.05) is 36.9 Å². The molecule has 0 atom stereocenters. The van der Waals surface area contributed by atoms with Gasteiger partial charge in [0.15, 0.2) is 5.13 Å². The molecule has 1 aliphatic heterocycles. The highest BCUT2D eigenvalue weighted by molar-refractivity contribution is 7.14. The number of carbonyl (C=O) groups excluding carboxylic acids is 3. The lowest BCUT2D eigenvalue weighted by atomic mass is 10.0. The summed E-state index contributed by atoms with van der Waals surface area (Å²) in [5.74, 6) is -0.527. The van der Waals surface area contributed by atoms with Gasteiger partial charge in [-0.1, -0.05) is 12.1 Å². The number of carbonyl (C=O) groups is 3. The highest BCUT2D eigenvalue weighted by Crippen LogP contribution is 2.22. The molecule has 0 aliphatic carbocycles. The van der Waals surface area contributed by atoms with Gasteiger partial charge in [-0.05, 0) is 36.1 Å². The van der Waals surface area contributed by atoms with Crippen LogP contribution >= 0.6 is 22.7 Å². The number of nitrogens with one attached hydrogen (secondary N) is 2. The second-order valence-corrected chi connectivity index (χ2v) is 8.99. The van der Waals surface area contributed by atoms with E-state index in [1.54, 1.807) is 34.5 Å². The average molecular weight is 471 g/mol. The first-order valence-corrected chi connectivity index (χ1v) is 11.8. The van der Waals surface area contributed by atoms with Crippen LogP contribution in [-0.4, -0.2) is 53.9 Å². The molecule has 2 N–H and O–H groups in total. The molecule has 32 heavy (non-hydrogen) atoms. The molecule has 1 fully saturated rings. The number of thiazole rings is 1. The summed E-state index contributed by atoms with van der Waals surface area (Å²) in [7, 11) is 0. The van der Waals surface area contributed by atoms with Crippen LogP contribution in [0.3, 0.4) is 0 Å². The number of rotatable bonds is 6. The number of ether oxygens (including phenoxy) is 1. The minimum absolute atomic E-state index is 0.0620. The van der Waals surface area contributed by atoms with Crippen molar-refractivity contribution in [1.82, 2.24) is 9.88 Å². The predicted octanol–water partition coefficient (Wildman–Crippen LogP) is 3.42. The number of hydrogen-bond acceptors (Lipinski definition) is 7. The number of thiophene rings is 1. The molecule has 8 nitrogen and oxygen atoms in total. The summed E-state index contributed by atoms with van der Waals surface area (Å²) < 4.78 is 5.31. The van der Waals surface area contributed by atoms with E-state index in [-0.39, 0.29) is 24.1 Å². The van der Waals surface area contributed by atoms with Crippen LogP contribution in [0.15, 0.2) is 41.1 Å². The lowest BCUT2D eigenvalue weighted by Crippen LogP contribution is -2.41. The summed E-state index contributed by atoms with van der Waals surface area (Å²) in [6, 6.07) is 8.85. The molecule has 1 aromatic carbocycles. The highest BCUT2D eigenvalue weighted by atomic mass is 32.1. The summed E-state index contributed by atoms with van der Waals surface area (Å²) in [5.41, 5.74) is 2.44. The Morgan fingerprint density at radius 1 is 1.09 bits per heavy atom. The molecule has 0 bridgehead atoms. The molecule has 4 rings (SSSR count). The van der Waals surface area contributed by atoms with Gasteiger partial charge >= 0.3 is 0 Å². The molecule has 0 spiro atoms. The first kappa shape index (κ1) is 22.1. The minimum atomic E-state index is -0.245. The lowest BCUT2D eigenvalue weighted by Gasteiger charge is -2.27. The molecule has 0 saturated carbocycles. The maximum atomic E-state index is 12.8. The van der Waals surface area contributed by atoms with Gasteiger partial charge in [0.25, 0.3) is 11.8 Å². The van der Waals surface area contributed by atoms with Crippen LogP contribution < -0.4 is 10.6 Å². The predicted molar refractivity (Wildman–Crippen MR) is 125 cm³/mol. The standard InChI is InChI=1S/C22H22N4O4S2/c1-14-16(21(29)26-7-9-30-10-8-26)4-2-5-17(14)24-19(27)12-15-13-32-22(23-15)25-20(28)18-6-3-11-31-18/h2-6,11,13H,7-10,12H2,1H3,(H,24,27)(H,23,25,28). The molecule has 3 aromatic rings. The van der Waals surface area contributed by atoms with Gasteiger partial charge in [0.1, 0.15) is 0 Å². The zero-order valence-corrected chi connectivity index (χ0v) is 19.1. The van der Waals surface area contributed by atoms with Gasteiger partial charge in [0, 0.05) is 29.7 Å². The second kappa shape index (κ2) is 10.0. The van der Waals surface area contributed by atoms with Crippen LogP contribution in [0.2, 0.25) is 0 Å². The van der Waals surface area contributed by atoms with Gasteiger partial charge in [-0.25, -0.2) is 4.98 Å². The maximum Gasteiger partial charge on any atom is 0.267 e. The van der Waals surface area contributed by atoms with Crippen LogP contribution in [0, 0.1) is 6.92 Å². The van der Waals surface area contributed by atoms with E-state index in [4.69, 9.17) is 4.74 Å². The van der Waals surface area contributed by atoms with E-state index in [1.165, 1.54) is 22.7 Å². The summed E-state index contributed by atoms with van der Waals surface area (Å²) in [5, 5.41) is 9.64. The zero-order valence-electron chi connectivity index (χ0n) is 17.4. The van der Waals surface area contributed by atoms with Gasteiger partial charge < -0.3 is 15.0 Å². The van der Waals surface area contributed by atoms with E-state index in [9.17, 15) is 14.4 Å². The fraction of sp³-hybridized carbons (Fsp3) is 0.273. The van der Waals surface area contributed by atoms with Crippen LogP contribution in [-0.2, 0) is 16.0 Å². The van der Waals surface area contributed by atoms with Crippen molar-refractivity contribution in [2.45, 2.75) is 13.3 Å². The molecular weight excluding hydrogens is 448 g/mol. The number of amides is 3. The normalized spacial score (nSPS) is 13.6. The first-order valence-electron chi connectivity index (χ1n) is 10.1. The lowest BCUT2D eigenvalue weighted by molar-refractivity contribution is -0.115. The average Bonchev–Trinajstić information content (AvgIpc) is 3.48. The van der Waals surface area contributed by atoms with E-state index < -0.39 is 0 Å². The van der Waals surface area contributed by atoms with Crippen molar-refractivity contribution in [3.8, 4) is 0 Å². The Labute approximate surface area is 193 Å². The molecule has 1 aliphatic rings. The van der Waals surface area contributed by atoms with Crippen LogP contribution in [0.4, 0.5) is 10.8 Å². The van der Waals surface area contributed by atoms with E-state index in [2.05, 4.69) is 15.6 Å². The van der Waals surface area contributed by atoms with Crippen molar-refractivity contribution in [3.63, 3.8) is 0 Å². The monoisotopic (exact) mass is 470 g/mol. The number of hydrogen-bond donors (Lipinski definition) is 2. The fourth-order valence-electron chi connectivity index (χ4n) is 3.31. The molecule has 0 radical (unpaired) electrons. The Morgan fingerprint density at radius 3 is 2.66 bits per heavy atom. The fourth-order valence-corrected chi connectivity index (χ4v) is 4.63. The molecular formula is C22H22N4O4S2. The summed E-state index contributed by atoms with van der Waals surface area (Å²) in [4.78, 5) is 44.3. The summed E-state index contributed by atoms with van der Waals surface area (Å²) >= 11 is 2.62. The third kappa shape index (κ3) is 5.21. The largest absolute Gasteiger partial charge is 0.378 e. The van der Waals surface area contributed by atoms with E-state index in [1.807, 2.05) is 18.4 Å². The molecule has 10 heteroatoms. The summed E-state index contributed by atoms with van der Waals surface area (Å²) in [6.07, 6.45) is 0.0620. The van der Waals surface area contributed by atoms with Crippen LogP contribution in [0.25, 0.3) is 0 Å². The van der Waals surface area contributed by atoms with E-state index >= 15 is 0 Å². The zero-order chi connectivity index (χ0) is 22.5. The second-order valence-electron chi connectivity index (χ2n) is 7.18. The van der Waals surface area contributed by atoms with Gasteiger partial charge in [-0.2, -0.15) is 0 Å². The number of morpholine rings is 1. The van der Waals surface area contributed by atoms with Crippen molar-refractivity contribution in [1.29, 1.82) is 0 Å². The number of nitrogens with zero attached hydrogens (tertiary/aromatic N) is 2. The topological polar surface area (TPSA) is 101 Å². The van der Waals surface area contributed by atoms with Crippen molar-refractivity contribution in [3.05, 3.63) is 62.8 Å². The smallest absolute Gasteiger partial charge is 0.267 e. The third-order valence-electron chi connectivity index (χ3n) is 5.00. The van der Waals surface area contributed by atoms with Gasteiger partial charge in [0.2, 0.25) is 5.91 Å². The third-order valence-corrected chi connectivity index (χ3v) is 6.67. The molecule has 3 heterocycles. The SMILES string of the molecule is Cc1c(NC(=O)Cc2csc(NC(=O)c3cccs3)n2)cccc1C(=O)N1CCOCC1. The van der Waals surface area contributed by atoms with Crippen molar-refractivity contribution >= 4 is 51.2 Å². The van der Waals surface area contributed by atoms with Crippen molar-refractivity contribution < 1.29 is 19.1 Å². The number of benzene rings is 1. The molecule has 2 aromatic heterocycles. The number of anilines is 2. The van der Waals surface area contributed by atoms with Crippen LogP contribution in [0.1, 0.15) is 31.3 Å². The Hall–Kier alpha value is -3.08. The Kier molecular flexibility index (Phi) is 6.93. The van der Waals surface area contributed by atoms with Crippen molar-refractivity contribution in [2.24, 2.45) is 0 Å². The Bertz CT molecular complexity index is 1120. The highest BCUT2D eigenvalue weighted by Gasteiger charge is 2.21. The van der Waals surface area contributed by atoms with Gasteiger partial charge in [-0.15, -0.1) is 22.7 Å². The molecule has 166 valence electrons. The molecule has 0 unspecified atom stereocenters. The number of aromatic nitrogens is 1. The van der Waals surface area contributed by atoms with Crippen LogP contribution in [0.5, 0.6) is 0 Å². The molecule has 1 saturated heterocycles. The first-order chi connectivity index (χ1) is 15.5.